The number of rotatable bonds is 3. The van der Waals surface area contributed by atoms with Crippen LogP contribution in [-0.2, 0) is 9.59 Å². The molecule has 1 aromatic carbocycles. The molecule has 0 aliphatic carbocycles. The van der Waals surface area contributed by atoms with E-state index in [1.807, 2.05) is 6.92 Å². The van der Waals surface area contributed by atoms with E-state index < -0.39 is 5.25 Å². The largest absolute Gasteiger partial charge is 0.352 e. The number of hydrogen-bond acceptors (Lipinski definition) is 4. The monoisotopic (exact) mass is 278 g/mol. The lowest BCUT2D eigenvalue weighted by Crippen LogP contribution is -2.31. The van der Waals surface area contributed by atoms with E-state index >= 15 is 0 Å². The van der Waals surface area contributed by atoms with Crippen LogP contribution in [0.4, 0.5) is 5.69 Å². The van der Waals surface area contributed by atoms with Gasteiger partial charge in [0.2, 0.25) is 11.8 Å². The maximum atomic E-state index is 11.9. The number of nitrogens with one attached hydrogen (secondary N) is 1. The number of hydrogen-bond donors (Lipinski definition) is 2. The molecular formula is C13H14N2O3S. The first kappa shape index (κ1) is 13.6. The van der Waals surface area contributed by atoms with Crippen LogP contribution in [0.1, 0.15) is 23.7 Å². The number of amides is 3. The topological polar surface area (TPSA) is 66.5 Å². The Balaban J connectivity index is 2.31. The van der Waals surface area contributed by atoms with Gasteiger partial charge in [-0.2, -0.15) is 12.6 Å². The highest BCUT2D eigenvalue weighted by Crippen LogP contribution is 2.25. The predicted octanol–water partition coefficient (Wildman–Crippen LogP) is 0.998. The van der Waals surface area contributed by atoms with Crippen LogP contribution in [0, 0.1) is 0 Å². The number of carbonyl (C=O) groups excluding carboxylic acids is 3. The molecule has 2 rings (SSSR count). The van der Waals surface area contributed by atoms with Gasteiger partial charge in [-0.25, -0.2) is 4.90 Å². The molecule has 1 aliphatic heterocycles. The standard InChI is InChI=1S/C13H14N2O3S/c1-2-14-12(17)8-4-3-5-9(6-8)15-11(16)7-10(19)13(15)18/h3-6,10,19H,2,7H2,1H3,(H,14,17). The Morgan fingerprint density at radius 2 is 2.21 bits per heavy atom. The molecule has 0 spiro atoms. The van der Waals surface area contributed by atoms with Gasteiger partial charge in [-0.15, -0.1) is 0 Å². The van der Waals surface area contributed by atoms with Crippen molar-refractivity contribution in [2.75, 3.05) is 11.4 Å². The van der Waals surface area contributed by atoms with Gasteiger partial charge in [0, 0.05) is 18.5 Å². The second-order valence-corrected chi connectivity index (χ2v) is 4.82. The summed E-state index contributed by atoms with van der Waals surface area (Å²) < 4.78 is 0. The van der Waals surface area contributed by atoms with Crippen molar-refractivity contribution < 1.29 is 14.4 Å². The molecule has 0 aromatic heterocycles. The average Bonchev–Trinajstić information content (AvgIpc) is 2.64. The van der Waals surface area contributed by atoms with E-state index in [0.29, 0.717) is 17.8 Å². The van der Waals surface area contributed by atoms with Crippen LogP contribution in [0.3, 0.4) is 0 Å². The molecule has 5 nitrogen and oxygen atoms in total. The van der Waals surface area contributed by atoms with Gasteiger partial charge >= 0.3 is 0 Å². The zero-order valence-electron chi connectivity index (χ0n) is 10.4. The van der Waals surface area contributed by atoms with Gasteiger partial charge in [0.1, 0.15) is 0 Å². The lowest BCUT2D eigenvalue weighted by molar-refractivity contribution is -0.121. The average molecular weight is 278 g/mol. The van der Waals surface area contributed by atoms with Crippen molar-refractivity contribution in [1.29, 1.82) is 0 Å². The number of benzene rings is 1. The van der Waals surface area contributed by atoms with Crippen LogP contribution in [0.15, 0.2) is 24.3 Å². The normalized spacial score (nSPS) is 18.8. The van der Waals surface area contributed by atoms with Crippen LogP contribution in [0.25, 0.3) is 0 Å². The number of thiol groups is 1. The van der Waals surface area contributed by atoms with Crippen molar-refractivity contribution in [3.63, 3.8) is 0 Å². The van der Waals surface area contributed by atoms with Crippen LogP contribution < -0.4 is 10.2 Å². The van der Waals surface area contributed by atoms with Crippen LogP contribution in [-0.4, -0.2) is 29.5 Å². The summed E-state index contributed by atoms with van der Waals surface area (Å²) in [6.45, 7) is 2.34. The summed E-state index contributed by atoms with van der Waals surface area (Å²) in [6, 6.07) is 6.45. The van der Waals surface area contributed by atoms with E-state index in [0.717, 1.165) is 4.90 Å². The zero-order chi connectivity index (χ0) is 14.0. The fourth-order valence-corrected chi connectivity index (χ4v) is 2.21. The van der Waals surface area contributed by atoms with Gasteiger partial charge in [0.05, 0.1) is 10.9 Å². The predicted molar refractivity (Wildman–Crippen MR) is 74.3 cm³/mol. The van der Waals surface area contributed by atoms with Gasteiger partial charge in [-0.1, -0.05) is 6.07 Å². The molecule has 0 radical (unpaired) electrons. The lowest BCUT2D eigenvalue weighted by atomic mass is 10.1. The first-order valence-electron chi connectivity index (χ1n) is 5.97. The summed E-state index contributed by atoms with van der Waals surface area (Å²) in [5.74, 6) is -0.870. The Bertz CT molecular complexity index is 544. The smallest absolute Gasteiger partial charge is 0.251 e. The van der Waals surface area contributed by atoms with Crippen molar-refractivity contribution in [2.45, 2.75) is 18.6 Å². The summed E-state index contributed by atoms with van der Waals surface area (Å²) in [5, 5.41) is 2.07. The molecule has 1 heterocycles. The molecular weight excluding hydrogens is 264 g/mol. The molecule has 1 N–H and O–H groups in total. The summed E-state index contributed by atoms with van der Waals surface area (Å²) in [6.07, 6.45) is 0.0906. The molecule has 1 saturated heterocycles. The van der Waals surface area contributed by atoms with Gasteiger partial charge < -0.3 is 5.32 Å². The molecule has 1 aromatic rings. The molecule has 1 unspecified atom stereocenters. The van der Waals surface area contributed by atoms with Gasteiger partial charge in [-0.05, 0) is 25.1 Å². The molecule has 3 amide bonds. The van der Waals surface area contributed by atoms with Gasteiger partial charge in [0.15, 0.2) is 0 Å². The number of carbonyl (C=O) groups is 3. The highest BCUT2D eigenvalue weighted by molar-refractivity contribution is 7.82. The molecule has 1 atom stereocenters. The molecule has 6 heteroatoms. The third-order valence-electron chi connectivity index (χ3n) is 2.83. The summed E-state index contributed by atoms with van der Waals surface area (Å²) in [7, 11) is 0. The van der Waals surface area contributed by atoms with Gasteiger partial charge in [0.25, 0.3) is 5.91 Å². The molecule has 100 valence electrons. The number of nitrogens with zero attached hydrogens (tertiary/aromatic N) is 1. The van der Waals surface area contributed by atoms with E-state index in [9.17, 15) is 14.4 Å². The molecule has 19 heavy (non-hydrogen) atoms. The quantitative estimate of drug-likeness (QED) is 0.640. The third kappa shape index (κ3) is 2.63. The maximum Gasteiger partial charge on any atom is 0.251 e. The molecule has 1 fully saturated rings. The molecule has 0 bridgehead atoms. The number of imide groups is 1. The van der Waals surface area contributed by atoms with Crippen molar-refractivity contribution in [3.8, 4) is 0 Å². The van der Waals surface area contributed by atoms with Crippen molar-refractivity contribution in [1.82, 2.24) is 5.32 Å². The minimum atomic E-state index is -0.597. The molecule has 0 saturated carbocycles. The molecule has 1 aliphatic rings. The summed E-state index contributed by atoms with van der Waals surface area (Å²) in [4.78, 5) is 36.4. The minimum Gasteiger partial charge on any atom is -0.352 e. The second kappa shape index (κ2) is 5.44. The number of anilines is 1. The van der Waals surface area contributed by atoms with Crippen molar-refractivity contribution in [3.05, 3.63) is 29.8 Å². The minimum absolute atomic E-state index is 0.0906. The first-order chi connectivity index (χ1) is 9.04. The Hall–Kier alpha value is -1.82. The highest BCUT2D eigenvalue weighted by atomic mass is 32.1. The van der Waals surface area contributed by atoms with Gasteiger partial charge in [-0.3, -0.25) is 14.4 Å². The van der Waals surface area contributed by atoms with E-state index in [1.165, 1.54) is 6.07 Å². The van der Waals surface area contributed by atoms with E-state index in [1.54, 1.807) is 18.2 Å². The first-order valence-corrected chi connectivity index (χ1v) is 6.49. The van der Waals surface area contributed by atoms with Crippen LogP contribution in [0.5, 0.6) is 0 Å². The summed E-state index contributed by atoms with van der Waals surface area (Å²) >= 11 is 4.06. The fraction of sp³-hybridized carbons (Fsp3) is 0.308. The maximum absolute atomic E-state index is 11.9. The van der Waals surface area contributed by atoms with E-state index in [-0.39, 0.29) is 24.1 Å². The third-order valence-corrected chi connectivity index (χ3v) is 3.23. The summed E-state index contributed by atoms with van der Waals surface area (Å²) in [5.41, 5.74) is 0.831. The van der Waals surface area contributed by atoms with E-state index in [4.69, 9.17) is 0 Å². The van der Waals surface area contributed by atoms with Crippen molar-refractivity contribution >= 4 is 36.0 Å². The Kier molecular flexibility index (Phi) is 3.90. The zero-order valence-corrected chi connectivity index (χ0v) is 11.3. The lowest BCUT2D eigenvalue weighted by Gasteiger charge is -2.15. The second-order valence-electron chi connectivity index (χ2n) is 4.20. The van der Waals surface area contributed by atoms with Crippen LogP contribution >= 0.6 is 12.6 Å². The Morgan fingerprint density at radius 1 is 1.47 bits per heavy atom. The SMILES string of the molecule is CCNC(=O)c1cccc(N2C(=O)CC(S)C2=O)c1. The van der Waals surface area contributed by atoms with E-state index in [2.05, 4.69) is 17.9 Å². The Morgan fingerprint density at radius 3 is 2.79 bits per heavy atom. The van der Waals surface area contributed by atoms with Crippen molar-refractivity contribution in [2.24, 2.45) is 0 Å². The fourth-order valence-electron chi connectivity index (χ4n) is 1.94. The highest BCUT2D eigenvalue weighted by Gasteiger charge is 2.37. The van der Waals surface area contributed by atoms with Crippen LogP contribution in [0.2, 0.25) is 0 Å². The Labute approximate surface area is 116 Å².